The topological polar surface area (TPSA) is 68.4 Å². The fourth-order valence-electron chi connectivity index (χ4n) is 1.44. The predicted molar refractivity (Wildman–Crippen MR) is 65.8 cm³/mol. The van der Waals surface area contributed by atoms with Gasteiger partial charge in [-0.3, -0.25) is 0 Å². The van der Waals surface area contributed by atoms with E-state index < -0.39 is 0 Å². The molecule has 0 aliphatic carbocycles. The van der Waals surface area contributed by atoms with E-state index in [1.807, 2.05) is 25.1 Å². The minimum Gasteiger partial charge on any atom is -0.437 e. The van der Waals surface area contributed by atoms with Crippen molar-refractivity contribution in [2.45, 2.75) is 13.5 Å². The highest BCUT2D eigenvalue weighted by Crippen LogP contribution is 2.25. The number of hydrogen-bond donors (Lipinski definition) is 2. The average Bonchev–Trinajstić information content (AvgIpc) is 2.34. The first kappa shape index (κ1) is 11.4. The molecule has 1 heterocycles. The Kier molecular flexibility index (Phi) is 3.25. The van der Waals surface area contributed by atoms with Crippen LogP contribution in [0.3, 0.4) is 0 Å². The van der Waals surface area contributed by atoms with Gasteiger partial charge in [-0.1, -0.05) is 12.1 Å². The number of ether oxygens (including phenoxy) is 1. The van der Waals surface area contributed by atoms with E-state index in [2.05, 4.69) is 4.98 Å². The van der Waals surface area contributed by atoms with Crippen LogP contribution >= 0.6 is 0 Å². The maximum Gasteiger partial charge on any atom is 0.242 e. The summed E-state index contributed by atoms with van der Waals surface area (Å²) < 4.78 is 5.59. The zero-order valence-corrected chi connectivity index (χ0v) is 9.55. The van der Waals surface area contributed by atoms with Crippen molar-refractivity contribution in [3.8, 4) is 11.6 Å². The molecule has 0 amide bonds. The second kappa shape index (κ2) is 4.84. The maximum atomic E-state index is 9.03. The van der Waals surface area contributed by atoms with E-state index in [4.69, 9.17) is 15.6 Å². The minimum atomic E-state index is -0.0199. The Hall–Kier alpha value is -2.07. The van der Waals surface area contributed by atoms with E-state index in [1.54, 1.807) is 18.2 Å². The lowest BCUT2D eigenvalue weighted by Gasteiger charge is -2.08. The minimum absolute atomic E-state index is 0.0199. The van der Waals surface area contributed by atoms with Gasteiger partial charge in [-0.25, -0.2) is 4.98 Å². The van der Waals surface area contributed by atoms with Crippen LogP contribution in [-0.2, 0) is 6.61 Å². The number of nitrogens with zero attached hydrogens (tertiary/aromatic N) is 1. The molecule has 0 bridgehead atoms. The van der Waals surface area contributed by atoms with Gasteiger partial charge in [-0.15, -0.1) is 0 Å². The second-order valence-electron chi connectivity index (χ2n) is 3.75. The Morgan fingerprint density at radius 2 is 2.12 bits per heavy atom. The molecule has 1 aromatic carbocycles. The first-order chi connectivity index (χ1) is 8.19. The van der Waals surface area contributed by atoms with Gasteiger partial charge in [-0.05, 0) is 36.8 Å². The summed E-state index contributed by atoms with van der Waals surface area (Å²) in [6.45, 7) is 1.85. The number of rotatable bonds is 3. The number of aliphatic hydroxyl groups excluding tert-OH is 1. The molecule has 0 radical (unpaired) electrons. The van der Waals surface area contributed by atoms with E-state index in [-0.39, 0.29) is 6.61 Å². The van der Waals surface area contributed by atoms with Crippen molar-refractivity contribution in [2.75, 3.05) is 5.73 Å². The van der Waals surface area contributed by atoms with Gasteiger partial charge in [-0.2, -0.15) is 0 Å². The Balaban J connectivity index is 2.27. The summed E-state index contributed by atoms with van der Waals surface area (Å²) in [6, 6.07) is 10.8. The van der Waals surface area contributed by atoms with Gasteiger partial charge >= 0.3 is 0 Å². The molecule has 0 aliphatic heterocycles. The lowest BCUT2D eigenvalue weighted by Crippen LogP contribution is -1.96. The van der Waals surface area contributed by atoms with Gasteiger partial charge in [0.1, 0.15) is 5.75 Å². The number of nitrogen functional groups attached to an aromatic ring is 1. The molecule has 1 aromatic heterocycles. The molecule has 17 heavy (non-hydrogen) atoms. The van der Waals surface area contributed by atoms with Crippen molar-refractivity contribution in [3.05, 3.63) is 47.7 Å². The number of benzene rings is 1. The number of pyridine rings is 1. The SMILES string of the molecule is Cc1ccc(N)c(Oc2cccc(CO)c2)n1. The van der Waals surface area contributed by atoms with Gasteiger partial charge in [0.2, 0.25) is 5.88 Å². The standard InChI is InChI=1S/C13H14N2O2/c1-9-5-6-12(14)13(15-9)17-11-4-2-3-10(7-11)8-16/h2-7,16H,8,14H2,1H3. The monoisotopic (exact) mass is 230 g/mol. The molecular formula is C13H14N2O2. The van der Waals surface area contributed by atoms with E-state index in [9.17, 15) is 0 Å². The zero-order chi connectivity index (χ0) is 12.3. The van der Waals surface area contributed by atoms with Gasteiger partial charge in [0, 0.05) is 5.69 Å². The summed E-state index contributed by atoms with van der Waals surface area (Å²) in [7, 11) is 0. The van der Waals surface area contributed by atoms with Crippen LogP contribution in [0.15, 0.2) is 36.4 Å². The van der Waals surface area contributed by atoms with Crippen molar-refractivity contribution in [1.82, 2.24) is 4.98 Å². The molecule has 0 aliphatic rings. The third kappa shape index (κ3) is 2.73. The summed E-state index contributed by atoms with van der Waals surface area (Å²) in [6.07, 6.45) is 0. The van der Waals surface area contributed by atoms with E-state index in [0.29, 0.717) is 17.3 Å². The normalized spacial score (nSPS) is 10.2. The Labute approximate surface area is 99.7 Å². The van der Waals surface area contributed by atoms with Crippen LogP contribution in [0, 0.1) is 6.92 Å². The molecule has 0 fully saturated rings. The number of aliphatic hydroxyl groups is 1. The largest absolute Gasteiger partial charge is 0.437 e. The van der Waals surface area contributed by atoms with E-state index >= 15 is 0 Å². The molecule has 88 valence electrons. The molecule has 4 nitrogen and oxygen atoms in total. The molecule has 0 saturated heterocycles. The lowest BCUT2D eigenvalue weighted by molar-refractivity contribution is 0.281. The highest BCUT2D eigenvalue weighted by Gasteiger charge is 2.04. The van der Waals surface area contributed by atoms with Crippen molar-refractivity contribution < 1.29 is 9.84 Å². The van der Waals surface area contributed by atoms with Gasteiger partial charge in [0.05, 0.1) is 12.3 Å². The molecule has 4 heteroatoms. The first-order valence-electron chi connectivity index (χ1n) is 5.30. The number of hydrogen-bond acceptors (Lipinski definition) is 4. The van der Waals surface area contributed by atoms with Crippen molar-refractivity contribution >= 4 is 5.69 Å². The third-order valence-electron chi connectivity index (χ3n) is 2.32. The van der Waals surface area contributed by atoms with Gasteiger partial charge < -0.3 is 15.6 Å². The second-order valence-corrected chi connectivity index (χ2v) is 3.75. The average molecular weight is 230 g/mol. The summed E-state index contributed by atoms with van der Waals surface area (Å²) in [5.74, 6) is 1.00. The number of nitrogens with two attached hydrogens (primary N) is 1. The van der Waals surface area contributed by atoms with E-state index in [0.717, 1.165) is 11.3 Å². The Bertz CT molecular complexity index is 527. The van der Waals surface area contributed by atoms with Crippen LogP contribution in [0.25, 0.3) is 0 Å². The summed E-state index contributed by atoms with van der Waals surface area (Å²) >= 11 is 0. The first-order valence-corrected chi connectivity index (χ1v) is 5.30. The molecule has 2 aromatic rings. The molecule has 0 unspecified atom stereocenters. The fourth-order valence-corrected chi connectivity index (χ4v) is 1.44. The van der Waals surface area contributed by atoms with Crippen LogP contribution in [-0.4, -0.2) is 10.1 Å². The summed E-state index contributed by atoms with van der Waals surface area (Å²) in [4.78, 5) is 4.21. The molecule has 0 spiro atoms. The molecular weight excluding hydrogens is 216 g/mol. The van der Waals surface area contributed by atoms with Crippen LogP contribution in [0.5, 0.6) is 11.6 Å². The third-order valence-corrected chi connectivity index (χ3v) is 2.32. The number of aromatic nitrogens is 1. The number of aryl methyl sites for hydroxylation is 1. The molecule has 3 N–H and O–H groups in total. The van der Waals surface area contributed by atoms with Crippen molar-refractivity contribution in [1.29, 1.82) is 0 Å². The number of anilines is 1. The highest BCUT2D eigenvalue weighted by molar-refractivity contribution is 5.50. The Morgan fingerprint density at radius 1 is 1.29 bits per heavy atom. The van der Waals surface area contributed by atoms with Crippen molar-refractivity contribution in [2.24, 2.45) is 0 Å². The lowest BCUT2D eigenvalue weighted by atomic mass is 10.2. The molecule has 0 saturated carbocycles. The quantitative estimate of drug-likeness (QED) is 0.848. The fraction of sp³-hybridized carbons (Fsp3) is 0.154. The van der Waals surface area contributed by atoms with Gasteiger partial charge in [0.15, 0.2) is 0 Å². The summed E-state index contributed by atoms with van der Waals surface area (Å²) in [5, 5.41) is 9.03. The maximum absolute atomic E-state index is 9.03. The van der Waals surface area contributed by atoms with Crippen LogP contribution in [0.2, 0.25) is 0 Å². The zero-order valence-electron chi connectivity index (χ0n) is 9.55. The van der Waals surface area contributed by atoms with E-state index in [1.165, 1.54) is 0 Å². The highest BCUT2D eigenvalue weighted by atomic mass is 16.5. The van der Waals surface area contributed by atoms with Crippen LogP contribution < -0.4 is 10.5 Å². The predicted octanol–water partition coefficient (Wildman–Crippen LogP) is 2.26. The van der Waals surface area contributed by atoms with Gasteiger partial charge in [0.25, 0.3) is 0 Å². The van der Waals surface area contributed by atoms with Crippen molar-refractivity contribution in [3.63, 3.8) is 0 Å². The van der Waals surface area contributed by atoms with Crippen LogP contribution in [0.4, 0.5) is 5.69 Å². The molecule has 2 rings (SSSR count). The summed E-state index contributed by atoms with van der Waals surface area (Å²) in [5.41, 5.74) is 7.89. The smallest absolute Gasteiger partial charge is 0.242 e. The molecule has 0 atom stereocenters. The Morgan fingerprint density at radius 3 is 2.88 bits per heavy atom. The van der Waals surface area contributed by atoms with Crippen LogP contribution in [0.1, 0.15) is 11.3 Å².